The molecule has 3 heterocycles. The minimum absolute atomic E-state index is 0.134. The number of carbonyl (C=O) groups excluding carboxylic acids is 1. The molecule has 0 atom stereocenters. The van der Waals surface area contributed by atoms with Gasteiger partial charge in [-0.15, -0.1) is 0 Å². The number of benzene rings is 1. The molecule has 0 radical (unpaired) electrons. The smallest absolute Gasteiger partial charge is 0.253 e. The van der Waals surface area contributed by atoms with E-state index in [1.54, 1.807) is 0 Å². The first kappa shape index (κ1) is 16.6. The van der Waals surface area contributed by atoms with Crippen molar-refractivity contribution in [3.63, 3.8) is 0 Å². The van der Waals surface area contributed by atoms with E-state index in [4.69, 9.17) is 9.47 Å². The molecule has 1 amide bonds. The number of hydrogen-bond donors (Lipinski definition) is 0. The van der Waals surface area contributed by atoms with E-state index < -0.39 is 5.79 Å². The highest BCUT2D eigenvalue weighted by molar-refractivity contribution is 5.95. The number of rotatable bonds is 2. The topological polar surface area (TPSA) is 42.0 Å². The number of nitrogens with zero attached hydrogens (tertiary/aromatic N) is 2. The molecule has 5 nitrogen and oxygen atoms in total. The van der Waals surface area contributed by atoms with Gasteiger partial charge in [-0.1, -0.05) is 12.5 Å². The Morgan fingerprint density at radius 1 is 1.04 bits per heavy atom. The second-order valence-corrected chi connectivity index (χ2v) is 8.24. The van der Waals surface area contributed by atoms with Crippen LogP contribution in [0.1, 0.15) is 60.9 Å². The predicted octanol–water partition coefficient (Wildman–Crippen LogP) is 3.18. The van der Waals surface area contributed by atoms with E-state index in [0.717, 1.165) is 74.8 Å². The number of hydrogen-bond acceptors (Lipinski definition) is 4. The van der Waals surface area contributed by atoms with Gasteiger partial charge in [-0.2, -0.15) is 0 Å². The molecule has 140 valence electrons. The number of piperidine rings is 1. The maximum atomic E-state index is 12.7. The zero-order valence-electron chi connectivity index (χ0n) is 15.4. The molecule has 26 heavy (non-hydrogen) atoms. The third-order valence-electron chi connectivity index (χ3n) is 6.64. The molecular weight excluding hydrogens is 328 g/mol. The Morgan fingerprint density at radius 2 is 1.81 bits per heavy atom. The van der Waals surface area contributed by atoms with Gasteiger partial charge in [0.2, 0.25) is 5.79 Å². The Bertz CT molecular complexity index is 686. The summed E-state index contributed by atoms with van der Waals surface area (Å²) >= 11 is 0. The molecule has 2 saturated heterocycles. The van der Waals surface area contributed by atoms with Gasteiger partial charge in [0.05, 0.1) is 6.61 Å². The maximum absolute atomic E-state index is 12.7. The van der Waals surface area contributed by atoms with E-state index in [1.807, 2.05) is 23.1 Å². The van der Waals surface area contributed by atoms with Crippen molar-refractivity contribution in [3.05, 3.63) is 29.3 Å². The van der Waals surface area contributed by atoms with Crippen molar-refractivity contribution in [3.8, 4) is 5.75 Å². The van der Waals surface area contributed by atoms with Gasteiger partial charge in [-0.3, -0.25) is 9.69 Å². The molecule has 5 rings (SSSR count). The molecule has 5 heteroatoms. The molecule has 1 aromatic rings. The first-order chi connectivity index (χ1) is 12.7. The minimum atomic E-state index is -0.497. The van der Waals surface area contributed by atoms with Gasteiger partial charge in [0.1, 0.15) is 5.75 Å². The summed E-state index contributed by atoms with van der Waals surface area (Å²) in [5.41, 5.74) is 1.80. The van der Waals surface area contributed by atoms with E-state index in [9.17, 15) is 4.79 Å². The molecule has 0 aromatic heterocycles. The highest BCUT2D eigenvalue weighted by Gasteiger charge is 2.42. The summed E-state index contributed by atoms with van der Waals surface area (Å²) in [6.07, 6.45) is 8.11. The van der Waals surface area contributed by atoms with Crippen LogP contribution in [0.5, 0.6) is 5.75 Å². The van der Waals surface area contributed by atoms with Crippen molar-refractivity contribution in [1.82, 2.24) is 9.80 Å². The van der Waals surface area contributed by atoms with Crippen LogP contribution in [-0.2, 0) is 11.3 Å². The van der Waals surface area contributed by atoms with E-state index >= 15 is 0 Å². The standard InChI is InChI=1S/C21H28N2O3/c24-20(23-10-1-2-11-23)16-6-7-17-15-25-21(26-19(17)14-16)8-12-22(13-9-21)18-4-3-5-18/h6-7,14,18H,1-5,8-13,15H2. The summed E-state index contributed by atoms with van der Waals surface area (Å²) in [4.78, 5) is 17.2. The van der Waals surface area contributed by atoms with Crippen LogP contribution in [0.2, 0.25) is 0 Å². The lowest BCUT2D eigenvalue weighted by Crippen LogP contribution is -2.54. The number of carbonyl (C=O) groups is 1. The first-order valence-corrected chi connectivity index (χ1v) is 10.2. The summed E-state index contributed by atoms with van der Waals surface area (Å²) < 4.78 is 12.5. The van der Waals surface area contributed by atoms with Crippen molar-refractivity contribution in [1.29, 1.82) is 0 Å². The van der Waals surface area contributed by atoms with Crippen LogP contribution in [-0.4, -0.2) is 53.7 Å². The molecule has 3 fully saturated rings. The highest BCUT2D eigenvalue weighted by Crippen LogP contribution is 2.39. The lowest BCUT2D eigenvalue weighted by atomic mass is 9.89. The zero-order valence-corrected chi connectivity index (χ0v) is 15.4. The van der Waals surface area contributed by atoms with E-state index in [0.29, 0.717) is 6.61 Å². The summed E-state index contributed by atoms with van der Waals surface area (Å²) in [6.45, 7) is 4.43. The molecule has 1 aliphatic carbocycles. The number of likely N-dealkylation sites (tertiary alicyclic amines) is 2. The van der Waals surface area contributed by atoms with Crippen molar-refractivity contribution in [2.75, 3.05) is 26.2 Å². The van der Waals surface area contributed by atoms with Crippen LogP contribution >= 0.6 is 0 Å². The van der Waals surface area contributed by atoms with E-state index in [-0.39, 0.29) is 5.91 Å². The summed E-state index contributed by atoms with van der Waals surface area (Å²) in [5.74, 6) is 0.482. The Kier molecular flexibility index (Phi) is 4.17. The second kappa shape index (κ2) is 6.54. The monoisotopic (exact) mass is 356 g/mol. The molecule has 1 aromatic carbocycles. The highest BCUT2D eigenvalue weighted by atomic mass is 16.7. The van der Waals surface area contributed by atoms with Gasteiger partial charge in [-0.05, 0) is 37.8 Å². The summed E-state index contributed by atoms with van der Waals surface area (Å²) in [6, 6.07) is 6.64. The van der Waals surface area contributed by atoms with Crippen molar-refractivity contribution < 1.29 is 14.3 Å². The average Bonchev–Trinajstić information content (AvgIpc) is 3.16. The lowest BCUT2D eigenvalue weighted by molar-refractivity contribution is -0.231. The van der Waals surface area contributed by atoms with Crippen LogP contribution in [0.25, 0.3) is 0 Å². The third kappa shape index (κ3) is 2.91. The molecule has 0 bridgehead atoms. The van der Waals surface area contributed by atoms with Gasteiger partial charge in [0.15, 0.2) is 0 Å². The second-order valence-electron chi connectivity index (χ2n) is 8.24. The fourth-order valence-corrected chi connectivity index (χ4v) is 4.67. The van der Waals surface area contributed by atoms with Crippen LogP contribution in [0.3, 0.4) is 0 Å². The lowest BCUT2D eigenvalue weighted by Gasteiger charge is -2.47. The Morgan fingerprint density at radius 3 is 2.50 bits per heavy atom. The van der Waals surface area contributed by atoms with Gasteiger partial charge in [-0.25, -0.2) is 0 Å². The maximum Gasteiger partial charge on any atom is 0.253 e. The number of amides is 1. The van der Waals surface area contributed by atoms with Gasteiger partial charge < -0.3 is 14.4 Å². The minimum Gasteiger partial charge on any atom is -0.462 e. The average molecular weight is 356 g/mol. The molecule has 3 aliphatic heterocycles. The molecule has 1 saturated carbocycles. The Labute approximate surface area is 155 Å². The van der Waals surface area contributed by atoms with Crippen molar-refractivity contribution >= 4 is 5.91 Å². The molecule has 1 spiro atoms. The Balaban J connectivity index is 1.30. The van der Waals surface area contributed by atoms with Gasteiger partial charge in [0, 0.05) is 56.2 Å². The molecule has 0 N–H and O–H groups in total. The quantitative estimate of drug-likeness (QED) is 0.816. The van der Waals surface area contributed by atoms with Crippen molar-refractivity contribution in [2.45, 2.75) is 63.4 Å². The molecule has 4 aliphatic rings. The van der Waals surface area contributed by atoms with Gasteiger partial charge >= 0.3 is 0 Å². The van der Waals surface area contributed by atoms with Gasteiger partial charge in [0.25, 0.3) is 5.91 Å². The normalized spacial score (nSPS) is 25.6. The number of ether oxygens (including phenoxy) is 2. The van der Waals surface area contributed by atoms with Crippen LogP contribution in [0.4, 0.5) is 0 Å². The SMILES string of the molecule is O=C(c1ccc2c(c1)OC1(CCN(C3CCC3)CC1)OC2)N1CCCC1. The van der Waals surface area contributed by atoms with E-state index in [1.165, 1.54) is 19.3 Å². The van der Waals surface area contributed by atoms with Crippen LogP contribution in [0.15, 0.2) is 18.2 Å². The predicted molar refractivity (Wildman–Crippen MR) is 98.2 cm³/mol. The van der Waals surface area contributed by atoms with Crippen LogP contribution < -0.4 is 4.74 Å². The van der Waals surface area contributed by atoms with Crippen molar-refractivity contribution in [2.24, 2.45) is 0 Å². The number of fused-ring (bicyclic) bond motifs is 1. The fraction of sp³-hybridized carbons (Fsp3) is 0.667. The largest absolute Gasteiger partial charge is 0.462 e. The molecular formula is C21H28N2O3. The summed E-state index contributed by atoms with van der Waals surface area (Å²) in [5, 5.41) is 0. The van der Waals surface area contributed by atoms with Crippen LogP contribution in [0, 0.1) is 0 Å². The third-order valence-corrected chi connectivity index (χ3v) is 6.64. The summed E-state index contributed by atoms with van der Waals surface area (Å²) in [7, 11) is 0. The fourth-order valence-electron chi connectivity index (χ4n) is 4.67. The first-order valence-electron chi connectivity index (χ1n) is 10.2. The van der Waals surface area contributed by atoms with E-state index in [2.05, 4.69) is 4.90 Å². The molecule has 0 unspecified atom stereocenters. The Hall–Kier alpha value is -1.59. The zero-order chi connectivity index (χ0) is 17.6.